The molecule has 1 atom stereocenters. The van der Waals surface area contributed by atoms with Crippen LogP contribution >= 0.6 is 0 Å². The lowest BCUT2D eigenvalue weighted by molar-refractivity contribution is 0.0517. The molecule has 1 saturated heterocycles. The minimum absolute atomic E-state index is 0.409. The third-order valence-electron chi connectivity index (χ3n) is 4.71. The third kappa shape index (κ3) is 6.08. The fraction of sp³-hybridized carbons (Fsp3) is 0.417. The minimum Gasteiger partial charge on any atom is -0.444 e. The molecule has 5 nitrogen and oxygen atoms in total. The Morgan fingerprint density at radius 2 is 1.76 bits per heavy atom. The monoisotopic (exact) mass is 393 g/mol. The predicted octanol–water partition coefficient (Wildman–Crippen LogP) is 5.06. The Morgan fingerprint density at radius 1 is 1.07 bits per heavy atom. The standard InChI is InChI=1S/C24H31N3O2/c1-18-11-10-14-20(17-18)21(25-23(28)29-24(2,3)4)22(19-12-6-5-7-13-19)26-27-15-8-9-16-27/h5-7,10-14,17,21H,8-9,15-16H2,1-4H3,(H,25,28)/b26-22+/t21-/m1/s1. The zero-order valence-corrected chi connectivity index (χ0v) is 17.8. The van der Waals surface area contributed by atoms with E-state index in [-0.39, 0.29) is 0 Å². The van der Waals surface area contributed by atoms with Gasteiger partial charge in [0.1, 0.15) is 11.6 Å². The summed E-state index contributed by atoms with van der Waals surface area (Å²) in [5.74, 6) is 0. The van der Waals surface area contributed by atoms with Crippen molar-refractivity contribution in [1.29, 1.82) is 0 Å². The van der Waals surface area contributed by atoms with E-state index >= 15 is 0 Å². The fourth-order valence-electron chi connectivity index (χ4n) is 3.43. The van der Waals surface area contributed by atoms with Crippen molar-refractivity contribution in [3.8, 4) is 0 Å². The van der Waals surface area contributed by atoms with E-state index in [9.17, 15) is 4.79 Å². The Morgan fingerprint density at radius 3 is 2.38 bits per heavy atom. The third-order valence-corrected chi connectivity index (χ3v) is 4.71. The molecule has 3 rings (SSSR count). The number of amides is 1. The van der Waals surface area contributed by atoms with E-state index in [1.165, 1.54) is 0 Å². The van der Waals surface area contributed by atoms with Gasteiger partial charge < -0.3 is 10.1 Å². The molecule has 0 unspecified atom stereocenters. The largest absolute Gasteiger partial charge is 0.444 e. The molecule has 0 bridgehead atoms. The molecule has 0 saturated carbocycles. The van der Waals surface area contributed by atoms with Crippen molar-refractivity contribution in [3.63, 3.8) is 0 Å². The number of carbonyl (C=O) groups is 1. The van der Waals surface area contributed by atoms with Gasteiger partial charge in [0.2, 0.25) is 0 Å². The number of carbonyl (C=O) groups excluding carboxylic acids is 1. The zero-order chi connectivity index (χ0) is 20.9. The van der Waals surface area contributed by atoms with Gasteiger partial charge in [0, 0.05) is 18.7 Å². The lowest BCUT2D eigenvalue weighted by atomic mass is 9.95. The Bertz CT molecular complexity index is 850. The van der Waals surface area contributed by atoms with E-state index in [0.717, 1.165) is 48.3 Å². The number of ether oxygens (including phenoxy) is 1. The van der Waals surface area contributed by atoms with Crippen molar-refractivity contribution < 1.29 is 9.53 Å². The van der Waals surface area contributed by atoms with Crippen LogP contribution in [0.25, 0.3) is 0 Å². The molecule has 29 heavy (non-hydrogen) atoms. The summed E-state index contributed by atoms with van der Waals surface area (Å²) < 4.78 is 5.56. The summed E-state index contributed by atoms with van der Waals surface area (Å²) in [6, 6.07) is 17.8. The number of hydrogen-bond acceptors (Lipinski definition) is 4. The van der Waals surface area contributed by atoms with Gasteiger partial charge >= 0.3 is 6.09 Å². The van der Waals surface area contributed by atoms with Gasteiger partial charge in [-0.2, -0.15) is 5.10 Å². The van der Waals surface area contributed by atoms with Gasteiger partial charge in [-0.05, 0) is 46.1 Å². The Hall–Kier alpha value is -2.82. The number of hydrazone groups is 1. The summed E-state index contributed by atoms with van der Waals surface area (Å²) in [6.45, 7) is 9.51. The van der Waals surface area contributed by atoms with Crippen LogP contribution in [0.3, 0.4) is 0 Å². The number of alkyl carbamates (subject to hydrolysis) is 1. The highest BCUT2D eigenvalue weighted by Gasteiger charge is 2.26. The van der Waals surface area contributed by atoms with Crippen LogP contribution in [0.4, 0.5) is 4.79 Å². The molecule has 0 radical (unpaired) electrons. The molecule has 1 aliphatic rings. The van der Waals surface area contributed by atoms with Crippen LogP contribution in [0.1, 0.15) is 56.3 Å². The van der Waals surface area contributed by atoms with Crippen molar-refractivity contribution in [3.05, 3.63) is 71.3 Å². The summed E-state index contributed by atoms with van der Waals surface area (Å²) in [7, 11) is 0. The fourth-order valence-corrected chi connectivity index (χ4v) is 3.43. The second-order valence-electron chi connectivity index (χ2n) is 8.51. The topological polar surface area (TPSA) is 53.9 Å². The van der Waals surface area contributed by atoms with E-state index in [4.69, 9.17) is 9.84 Å². The normalized spacial score (nSPS) is 15.9. The van der Waals surface area contributed by atoms with E-state index < -0.39 is 17.7 Å². The van der Waals surface area contributed by atoms with Crippen molar-refractivity contribution in [1.82, 2.24) is 10.3 Å². The highest BCUT2D eigenvalue weighted by Crippen LogP contribution is 2.23. The highest BCUT2D eigenvalue weighted by molar-refractivity contribution is 6.06. The number of rotatable bonds is 5. The minimum atomic E-state index is -0.569. The van der Waals surface area contributed by atoms with Crippen LogP contribution in [0.2, 0.25) is 0 Å². The first kappa shape index (κ1) is 20.9. The molecule has 154 valence electrons. The molecular weight excluding hydrogens is 362 g/mol. The average molecular weight is 394 g/mol. The molecule has 1 fully saturated rings. The summed E-state index contributed by atoms with van der Waals surface area (Å²) >= 11 is 0. The van der Waals surface area contributed by atoms with Crippen molar-refractivity contribution in [2.45, 2.75) is 52.2 Å². The smallest absolute Gasteiger partial charge is 0.408 e. The first-order valence-corrected chi connectivity index (χ1v) is 10.3. The summed E-state index contributed by atoms with van der Waals surface area (Å²) in [6.07, 6.45) is 1.83. The second kappa shape index (κ2) is 9.12. The maximum absolute atomic E-state index is 12.7. The van der Waals surface area contributed by atoms with Gasteiger partial charge in [-0.15, -0.1) is 0 Å². The molecular formula is C24H31N3O2. The van der Waals surface area contributed by atoms with E-state index in [1.807, 2.05) is 76.2 Å². The van der Waals surface area contributed by atoms with Crippen LogP contribution in [-0.4, -0.2) is 35.5 Å². The summed E-state index contributed by atoms with van der Waals surface area (Å²) in [4.78, 5) is 12.7. The molecule has 1 aliphatic heterocycles. The Kier molecular flexibility index (Phi) is 6.57. The van der Waals surface area contributed by atoms with Gasteiger partial charge in [-0.1, -0.05) is 60.2 Å². The van der Waals surface area contributed by atoms with Gasteiger partial charge in [0.15, 0.2) is 0 Å². The van der Waals surface area contributed by atoms with Gasteiger partial charge in [0.05, 0.1) is 5.71 Å². The summed E-state index contributed by atoms with van der Waals surface area (Å²) in [5, 5.41) is 10.2. The van der Waals surface area contributed by atoms with Crippen LogP contribution in [0.15, 0.2) is 59.7 Å². The first-order chi connectivity index (χ1) is 13.8. The maximum Gasteiger partial charge on any atom is 0.408 e. The number of nitrogens with zero attached hydrogens (tertiary/aromatic N) is 2. The molecule has 1 N–H and O–H groups in total. The van der Waals surface area contributed by atoms with Crippen molar-refractivity contribution in [2.75, 3.05) is 13.1 Å². The molecule has 0 aromatic heterocycles. The van der Waals surface area contributed by atoms with E-state index in [0.29, 0.717) is 0 Å². The zero-order valence-electron chi connectivity index (χ0n) is 17.8. The van der Waals surface area contributed by atoms with Gasteiger partial charge in [-0.3, -0.25) is 5.01 Å². The quantitative estimate of drug-likeness (QED) is 0.722. The molecule has 2 aromatic rings. The van der Waals surface area contributed by atoms with Gasteiger partial charge in [-0.25, -0.2) is 4.79 Å². The first-order valence-electron chi connectivity index (χ1n) is 10.3. The molecule has 1 heterocycles. The number of benzene rings is 2. The number of aryl methyl sites for hydroxylation is 1. The van der Waals surface area contributed by atoms with E-state index in [1.54, 1.807) is 0 Å². The van der Waals surface area contributed by atoms with Crippen LogP contribution in [0, 0.1) is 6.92 Å². The SMILES string of the molecule is Cc1cccc([C@@H](NC(=O)OC(C)(C)C)/C(=N/N2CCCC2)c2ccccc2)c1. The van der Waals surface area contributed by atoms with Crippen molar-refractivity contribution >= 4 is 11.8 Å². The predicted molar refractivity (Wildman–Crippen MR) is 117 cm³/mol. The lowest BCUT2D eigenvalue weighted by Crippen LogP contribution is -2.39. The van der Waals surface area contributed by atoms with Gasteiger partial charge in [0.25, 0.3) is 0 Å². The Balaban J connectivity index is 2.03. The highest BCUT2D eigenvalue weighted by atomic mass is 16.6. The lowest BCUT2D eigenvalue weighted by Gasteiger charge is -2.26. The average Bonchev–Trinajstić information content (AvgIpc) is 3.17. The molecule has 1 amide bonds. The molecule has 5 heteroatoms. The maximum atomic E-state index is 12.7. The summed E-state index contributed by atoms with van der Waals surface area (Å²) in [5.41, 5.74) is 3.36. The molecule has 0 aliphatic carbocycles. The number of hydrogen-bond donors (Lipinski definition) is 1. The second-order valence-corrected chi connectivity index (χ2v) is 8.51. The van der Waals surface area contributed by atoms with E-state index in [2.05, 4.69) is 16.4 Å². The molecule has 2 aromatic carbocycles. The number of nitrogens with one attached hydrogen (secondary N) is 1. The Labute approximate surface area is 173 Å². The molecule has 0 spiro atoms. The van der Waals surface area contributed by atoms with Crippen molar-refractivity contribution in [2.24, 2.45) is 5.10 Å². The van der Waals surface area contributed by atoms with Crippen LogP contribution in [0.5, 0.6) is 0 Å². The van der Waals surface area contributed by atoms with Crippen LogP contribution in [-0.2, 0) is 4.74 Å². The van der Waals surface area contributed by atoms with Crippen LogP contribution < -0.4 is 5.32 Å².